The molecule has 0 radical (unpaired) electrons. The van der Waals surface area contributed by atoms with E-state index in [1.165, 1.54) is 0 Å². The third-order valence-electron chi connectivity index (χ3n) is 2.57. The van der Waals surface area contributed by atoms with Gasteiger partial charge in [0.2, 0.25) is 0 Å². The highest BCUT2D eigenvalue weighted by Gasteiger charge is 2.16. The topological polar surface area (TPSA) is 12.9 Å². The Morgan fingerprint density at radius 1 is 1.35 bits per heavy atom. The van der Waals surface area contributed by atoms with Crippen molar-refractivity contribution in [2.45, 2.75) is 25.6 Å². The second-order valence-corrected chi connectivity index (χ2v) is 5.91. The van der Waals surface area contributed by atoms with Crippen LogP contribution in [0.15, 0.2) is 23.7 Å². The van der Waals surface area contributed by atoms with Gasteiger partial charge < -0.3 is 0 Å². The normalized spacial score (nSPS) is 12.7. The van der Waals surface area contributed by atoms with Crippen molar-refractivity contribution in [3.63, 3.8) is 0 Å². The van der Waals surface area contributed by atoms with Crippen molar-refractivity contribution >= 4 is 34.5 Å². The number of nitrogens with zero attached hydrogens (tertiary/aromatic N) is 1. The molecular formula is C13H13Cl2NS. The average Bonchev–Trinajstić information content (AvgIpc) is 2.63. The van der Waals surface area contributed by atoms with Gasteiger partial charge in [-0.25, -0.2) is 0 Å². The van der Waals surface area contributed by atoms with Gasteiger partial charge in [-0.15, -0.1) is 22.9 Å². The number of halogens is 2. The molecule has 2 heterocycles. The zero-order valence-corrected chi connectivity index (χ0v) is 12.0. The first-order valence-electron chi connectivity index (χ1n) is 5.37. The highest BCUT2D eigenvalue weighted by molar-refractivity contribution is 7.11. The standard InChI is InChI=1S/C13H13Cl2NS/c1-8-3-4-10(16-6-8)5-11(14)13-12(15)9(2)7-17-13/h3-4,6-7,11H,5H2,1-2H3. The zero-order valence-electron chi connectivity index (χ0n) is 9.71. The number of thiophene rings is 1. The molecule has 2 aromatic heterocycles. The summed E-state index contributed by atoms with van der Waals surface area (Å²) >= 11 is 14.2. The second-order valence-electron chi connectivity index (χ2n) is 4.10. The Morgan fingerprint density at radius 3 is 2.65 bits per heavy atom. The van der Waals surface area contributed by atoms with E-state index in [2.05, 4.69) is 4.98 Å². The van der Waals surface area contributed by atoms with Crippen LogP contribution in [0.25, 0.3) is 0 Å². The van der Waals surface area contributed by atoms with Crippen molar-refractivity contribution in [2.75, 3.05) is 0 Å². The monoisotopic (exact) mass is 285 g/mol. The number of hydrogen-bond acceptors (Lipinski definition) is 2. The molecule has 0 fully saturated rings. The van der Waals surface area contributed by atoms with Gasteiger partial charge >= 0.3 is 0 Å². The SMILES string of the molecule is Cc1ccc(CC(Cl)c2scc(C)c2Cl)nc1. The van der Waals surface area contributed by atoms with Crippen molar-refractivity contribution in [1.29, 1.82) is 0 Å². The third kappa shape index (κ3) is 3.01. The van der Waals surface area contributed by atoms with E-state index in [1.54, 1.807) is 11.3 Å². The van der Waals surface area contributed by atoms with Crippen LogP contribution in [0.5, 0.6) is 0 Å². The summed E-state index contributed by atoms with van der Waals surface area (Å²) in [6.07, 6.45) is 2.57. The maximum absolute atomic E-state index is 6.39. The Balaban J connectivity index is 2.14. The van der Waals surface area contributed by atoms with Gasteiger partial charge in [0.1, 0.15) is 0 Å². The van der Waals surface area contributed by atoms with Gasteiger partial charge in [0, 0.05) is 23.2 Å². The number of hydrogen-bond donors (Lipinski definition) is 0. The first kappa shape index (κ1) is 12.9. The molecule has 0 aliphatic heterocycles. The van der Waals surface area contributed by atoms with Gasteiger partial charge in [-0.1, -0.05) is 17.7 Å². The maximum atomic E-state index is 6.39. The van der Waals surface area contributed by atoms with Gasteiger partial charge in [0.05, 0.1) is 10.4 Å². The van der Waals surface area contributed by atoms with Crippen LogP contribution in [0.4, 0.5) is 0 Å². The molecule has 0 N–H and O–H groups in total. The molecule has 0 spiro atoms. The minimum absolute atomic E-state index is 0.101. The fourth-order valence-electron chi connectivity index (χ4n) is 1.56. The number of aryl methyl sites for hydroxylation is 2. The van der Waals surface area contributed by atoms with Crippen molar-refractivity contribution < 1.29 is 0 Å². The fourth-order valence-corrected chi connectivity index (χ4v) is 3.34. The molecule has 0 saturated heterocycles. The molecule has 1 nitrogen and oxygen atoms in total. The smallest absolute Gasteiger partial charge is 0.0748 e. The summed E-state index contributed by atoms with van der Waals surface area (Å²) in [6.45, 7) is 4.02. The van der Waals surface area contributed by atoms with E-state index in [4.69, 9.17) is 23.2 Å². The Labute approximate surface area is 115 Å². The molecule has 0 aliphatic rings. The molecule has 1 unspecified atom stereocenters. The molecule has 2 rings (SSSR count). The predicted molar refractivity (Wildman–Crippen MR) is 75.3 cm³/mol. The highest BCUT2D eigenvalue weighted by atomic mass is 35.5. The molecular weight excluding hydrogens is 273 g/mol. The molecule has 0 saturated carbocycles. The quantitative estimate of drug-likeness (QED) is 0.728. The van der Waals surface area contributed by atoms with Crippen LogP contribution in [-0.2, 0) is 6.42 Å². The Bertz CT molecular complexity index is 505. The first-order chi connectivity index (χ1) is 8.08. The van der Waals surface area contributed by atoms with Crippen LogP contribution in [-0.4, -0.2) is 4.98 Å². The average molecular weight is 286 g/mol. The van der Waals surface area contributed by atoms with Gasteiger partial charge in [-0.05, 0) is 36.4 Å². The summed E-state index contributed by atoms with van der Waals surface area (Å²) < 4.78 is 0. The fraction of sp³-hybridized carbons (Fsp3) is 0.308. The van der Waals surface area contributed by atoms with Crippen molar-refractivity contribution in [3.8, 4) is 0 Å². The summed E-state index contributed by atoms with van der Waals surface area (Å²) in [5.41, 5.74) is 3.25. The van der Waals surface area contributed by atoms with Crippen molar-refractivity contribution in [3.05, 3.63) is 50.4 Å². The summed E-state index contributed by atoms with van der Waals surface area (Å²) in [5.74, 6) is 0. The molecule has 2 aromatic rings. The lowest BCUT2D eigenvalue weighted by atomic mass is 10.1. The van der Waals surface area contributed by atoms with E-state index >= 15 is 0 Å². The van der Waals surface area contributed by atoms with Crippen LogP contribution in [0.3, 0.4) is 0 Å². The lowest BCUT2D eigenvalue weighted by Gasteiger charge is -2.08. The van der Waals surface area contributed by atoms with Crippen molar-refractivity contribution in [1.82, 2.24) is 4.98 Å². The van der Waals surface area contributed by atoms with Gasteiger partial charge in [0.15, 0.2) is 0 Å². The molecule has 1 atom stereocenters. The van der Waals surface area contributed by atoms with Crippen LogP contribution >= 0.6 is 34.5 Å². The van der Waals surface area contributed by atoms with E-state index in [0.717, 1.165) is 26.7 Å². The summed E-state index contributed by atoms with van der Waals surface area (Å²) in [5, 5.41) is 2.73. The maximum Gasteiger partial charge on any atom is 0.0748 e. The van der Waals surface area contributed by atoms with Crippen LogP contribution in [0.2, 0.25) is 5.02 Å². The number of aromatic nitrogens is 1. The number of alkyl halides is 1. The van der Waals surface area contributed by atoms with E-state index in [9.17, 15) is 0 Å². The van der Waals surface area contributed by atoms with Gasteiger partial charge in [-0.2, -0.15) is 0 Å². The van der Waals surface area contributed by atoms with E-state index < -0.39 is 0 Å². The summed E-state index contributed by atoms with van der Waals surface area (Å²) in [6, 6.07) is 4.06. The lowest BCUT2D eigenvalue weighted by Crippen LogP contribution is -1.97. The van der Waals surface area contributed by atoms with Crippen LogP contribution in [0.1, 0.15) is 27.1 Å². The lowest BCUT2D eigenvalue weighted by molar-refractivity contribution is 0.893. The Kier molecular flexibility index (Phi) is 4.08. The molecule has 0 amide bonds. The molecule has 4 heteroatoms. The Hall–Kier alpha value is -0.570. The van der Waals surface area contributed by atoms with Gasteiger partial charge in [0.25, 0.3) is 0 Å². The molecule has 0 aliphatic carbocycles. The Morgan fingerprint density at radius 2 is 2.12 bits per heavy atom. The molecule has 0 aromatic carbocycles. The van der Waals surface area contributed by atoms with E-state index in [-0.39, 0.29) is 5.38 Å². The molecule has 0 bridgehead atoms. The second kappa shape index (κ2) is 5.38. The number of rotatable bonds is 3. The van der Waals surface area contributed by atoms with Crippen LogP contribution < -0.4 is 0 Å². The molecule has 90 valence electrons. The number of pyridine rings is 1. The zero-order chi connectivity index (χ0) is 12.4. The minimum Gasteiger partial charge on any atom is -0.261 e. The van der Waals surface area contributed by atoms with E-state index in [0.29, 0.717) is 6.42 Å². The molecule has 17 heavy (non-hydrogen) atoms. The van der Waals surface area contributed by atoms with E-state index in [1.807, 2.05) is 37.6 Å². The van der Waals surface area contributed by atoms with Crippen molar-refractivity contribution in [2.24, 2.45) is 0 Å². The van der Waals surface area contributed by atoms with Gasteiger partial charge in [-0.3, -0.25) is 4.98 Å². The first-order valence-corrected chi connectivity index (χ1v) is 7.06. The largest absolute Gasteiger partial charge is 0.261 e. The minimum atomic E-state index is -0.101. The predicted octanol–water partition coefficient (Wildman–Crippen LogP) is 4.94. The highest BCUT2D eigenvalue weighted by Crippen LogP contribution is 2.37. The van der Waals surface area contributed by atoms with Crippen LogP contribution in [0, 0.1) is 13.8 Å². The summed E-state index contributed by atoms with van der Waals surface area (Å²) in [4.78, 5) is 5.39. The third-order valence-corrected chi connectivity index (χ3v) is 4.90. The summed E-state index contributed by atoms with van der Waals surface area (Å²) in [7, 11) is 0.